The number of nitrogens with one attached hydrogen (secondary N) is 1. The number of nitro groups is 1. The first-order chi connectivity index (χ1) is 11.2. The summed E-state index contributed by atoms with van der Waals surface area (Å²) in [5.74, 6) is 1.24. The Labute approximate surface area is 138 Å². The van der Waals surface area contributed by atoms with Crippen LogP contribution in [0.3, 0.4) is 0 Å². The predicted octanol–water partition coefficient (Wildman–Crippen LogP) is 3.79. The zero-order chi connectivity index (χ0) is 16.7. The molecular weight excluding hydrogens is 292 g/mol. The highest BCUT2D eigenvalue weighted by atomic mass is 16.6. The van der Waals surface area contributed by atoms with Gasteiger partial charge in [0.1, 0.15) is 5.75 Å². The summed E-state index contributed by atoms with van der Waals surface area (Å²) in [6.07, 6.45) is 6.43. The second kappa shape index (κ2) is 8.87. The molecule has 5 nitrogen and oxygen atoms in total. The van der Waals surface area contributed by atoms with Crippen molar-refractivity contribution in [2.75, 3.05) is 7.11 Å². The molecule has 0 unspecified atom stereocenters. The fourth-order valence-corrected chi connectivity index (χ4v) is 3.62. The standard InChI is InChI=1S/C18H28N2O3/c1-3-17(20(21)22)18(15-7-5-4-6-8-15)19-13-14-9-11-16(23-2)12-10-14/h9-12,15,17-19H,3-8,13H2,1-2H3/t17-,18+/m1/s1. The van der Waals surface area contributed by atoms with Gasteiger partial charge in [-0.15, -0.1) is 0 Å². The Morgan fingerprint density at radius 2 is 1.91 bits per heavy atom. The fraction of sp³-hybridized carbons (Fsp3) is 0.667. The van der Waals surface area contributed by atoms with E-state index in [0.717, 1.165) is 24.2 Å². The highest BCUT2D eigenvalue weighted by Gasteiger charge is 2.36. The number of ether oxygens (including phenoxy) is 1. The highest BCUT2D eigenvalue weighted by Crippen LogP contribution is 2.29. The van der Waals surface area contributed by atoms with Crippen molar-refractivity contribution in [3.63, 3.8) is 0 Å². The topological polar surface area (TPSA) is 64.4 Å². The molecule has 1 aliphatic carbocycles. The SMILES string of the molecule is CC[C@H]([C@@H](NCc1ccc(OC)cc1)C1CCCCC1)[N+](=O)[O-]. The molecule has 2 atom stereocenters. The van der Waals surface area contributed by atoms with Gasteiger partial charge in [0.25, 0.3) is 0 Å². The Bertz CT molecular complexity index is 484. The van der Waals surface area contributed by atoms with Crippen molar-refractivity contribution >= 4 is 0 Å². The quantitative estimate of drug-likeness (QED) is 0.584. The summed E-state index contributed by atoms with van der Waals surface area (Å²) in [7, 11) is 1.65. The van der Waals surface area contributed by atoms with Crippen LogP contribution >= 0.6 is 0 Å². The molecule has 5 heteroatoms. The molecule has 1 aromatic rings. The third-order valence-electron chi connectivity index (χ3n) is 4.96. The van der Waals surface area contributed by atoms with E-state index >= 15 is 0 Å². The maximum Gasteiger partial charge on any atom is 0.228 e. The third kappa shape index (κ3) is 4.93. The van der Waals surface area contributed by atoms with Crippen LogP contribution in [0.4, 0.5) is 0 Å². The van der Waals surface area contributed by atoms with Gasteiger partial charge in [0.05, 0.1) is 13.2 Å². The van der Waals surface area contributed by atoms with E-state index in [-0.39, 0.29) is 11.0 Å². The monoisotopic (exact) mass is 320 g/mol. The van der Waals surface area contributed by atoms with E-state index in [0.29, 0.717) is 18.9 Å². The van der Waals surface area contributed by atoms with Crippen molar-refractivity contribution < 1.29 is 9.66 Å². The van der Waals surface area contributed by atoms with Crippen LogP contribution in [0.25, 0.3) is 0 Å². The zero-order valence-electron chi connectivity index (χ0n) is 14.2. The molecule has 0 aromatic heterocycles. The van der Waals surface area contributed by atoms with Crippen LogP contribution < -0.4 is 10.1 Å². The Morgan fingerprint density at radius 3 is 2.43 bits per heavy atom. The lowest BCUT2D eigenvalue weighted by Gasteiger charge is -2.32. The lowest BCUT2D eigenvalue weighted by molar-refractivity contribution is -0.529. The minimum absolute atomic E-state index is 0.0441. The number of benzene rings is 1. The van der Waals surface area contributed by atoms with Gasteiger partial charge in [0.2, 0.25) is 6.04 Å². The highest BCUT2D eigenvalue weighted by molar-refractivity contribution is 5.27. The number of hydrogen-bond donors (Lipinski definition) is 1. The molecule has 1 fully saturated rings. The van der Waals surface area contributed by atoms with Gasteiger partial charge in [0.15, 0.2) is 0 Å². The van der Waals surface area contributed by atoms with E-state index < -0.39 is 6.04 Å². The summed E-state index contributed by atoms with van der Waals surface area (Å²) < 4.78 is 5.17. The first kappa shape index (κ1) is 17.7. The molecule has 0 radical (unpaired) electrons. The number of methoxy groups -OCH3 is 1. The molecule has 2 rings (SSSR count). The molecule has 0 heterocycles. The lowest BCUT2D eigenvalue weighted by atomic mass is 9.80. The van der Waals surface area contributed by atoms with Crippen LogP contribution in [0.1, 0.15) is 51.0 Å². The minimum Gasteiger partial charge on any atom is -0.497 e. The first-order valence-corrected chi connectivity index (χ1v) is 8.65. The average molecular weight is 320 g/mol. The van der Waals surface area contributed by atoms with Gasteiger partial charge in [0, 0.05) is 17.9 Å². The van der Waals surface area contributed by atoms with Gasteiger partial charge in [-0.1, -0.05) is 38.3 Å². The smallest absolute Gasteiger partial charge is 0.228 e. The van der Waals surface area contributed by atoms with E-state index in [2.05, 4.69) is 5.32 Å². The lowest BCUT2D eigenvalue weighted by Crippen LogP contribution is -2.49. The molecule has 0 aliphatic heterocycles. The van der Waals surface area contributed by atoms with Gasteiger partial charge in [-0.2, -0.15) is 0 Å². The number of rotatable bonds is 8. The second-order valence-electron chi connectivity index (χ2n) is 6.41. The van der Waals surface area contributed by atoms with Gasteiger partial charge in [-0.05, 0) is 36.5 Å². The Balaban J connectivity index is 2.04. The van der Waals surface area contributed by atoms with E-state index in [1.54, 1.807) is 7.11 Å². The number of nitrogens with zero attached hydrogens (tertiary/aromatic N) is 1. The molecule has 1 aliphatic rings. The molecular formula is C18H28N2O3. The molecule has 128 valence electrons. The van der Waals surface area contributed by atoms with E-state index in [1.165, 1.54) is 19.3 Å². The van der Waals surface area contributed by atoms with Crippen molar-refractivity contribution in [3.05, 3.63) is 39.9 Å². The van der Waals surface area contributed by atoms with Gasteiger partial charge < -0.3 is 10.1 Å². The summed E-state index contributed by atoms with van der Waals surface area (Å²) in [6, 6.07) is 7.33. The Kier molecular flexibility index (Phi) is 6.84. The van der Waals surface area contributed by atoms with Crippen LogP contribution in [0.5, 0.6) is 5.75 Å². The van der Waals surface area contributed by atoms with Crippen molar-refractivity contribution in [1.82, 2.24) is 5.32 Å². The van der Waals surface area contributed by atoms with Crippen molar-refractivity contribution in [2.45, 2.75) is 64.1 Å². The minimum atomic E-state index is -0.503. The van der Waals surface area contributed by atoms with E-state index in [1.807, 2.05) is 31.2 Å². The third-order valence-corrected chi connectivity index (χ3v) is 4.96. The van der Waals surface area contributed by atoms with E-state index in [9.17, 15) is 10.1 Å². The van der Waals surface area contributed by atoms with Crippen molar-refractivity contribution in [3.8, 4) is 5.75 Å². The molecule has 0 amide bonds. The van der Waals surface area contributed by atoms with Gasteiger partial charge >= 0.3 is 0 Å². The van der Waals surface area contributed by atoms with Gasteiger partial charge in [-0.25, -0.2) is 0 Å². The number of hydrogen-bond acceptors (Lipinski definition) is 4. The van der Waals surface area contributed by atoms with Crippen molar-refractivity contribution in [2.24, 2.45) is 5.92 Å². The largest absolute Gasteiger partial charge is 0.497 e. The normalized spacial score (nSPS) is 18.3. The molecule has 0 spiro atoms. The summed E-state index contributed by atoms with van der Waals surface area (Å²) in [6.45, 7) is 2.58. The molecule has 1 N–H and O–H groups in total. The van der Waals surface area contributed by atoms with Crippen molar-refractivity contribution in [1.29, 1.82) is 0 Å². The zero-order valence-corrected chi connectivity index (χ0v) is 14.2. The van der Waals surface area contributed by atoms with Crippen LogP contribution in [-0.2, 0) is 6.54 Å². The first-order valence-electron chi connectivity index (χ1n) is 8.65. The molecule has 1 saturated carbocycles. The van der Waals surface area contributed by atoms with E-state index in [4.69, 9.17) is 4.74 Å². The van der Waals surface area contributed by atoms with Crippen LogP contribution in [0.15, 0.2) is 24.3 Å². The average Bonchev–Trinajstić information content (AvgIpc) is 2.59. The predicted molar refractivity (Wildman–Crippen MR) is 91.3 cm³/mol. The molecule has 1 aromatic carbocycles. The Hall–Kier alpha value is -1.62. The van der Waals surface area contributed by atoms with Crippen LogP contribution in [0, 0.1) is 16.0 Å². The summed E-state index contributed by atoms with van der Waals surface area (Å²) in [5, 5.41) is 15.0. The van der Waals surface area contributed by atoms with Crippen LogP contribution in [0.2, 0.25) is 0 Å². The fourth-order valence-electron chi connectivity index (χ4n) is 3.62. The second-order valence-corrected chi connectivity index (χ2v) is 6.41. The van der Waals surface area contributed by atoms with Crippen LogP contribution in [-0.4, -0.2) is 24.1 Å². The summed E-state index contributed by atoms with van der Waals surface area (Å²) in [4.78, 5) is 11.4. The van der Waals surface area contributed by atoms with Gasteiger partial charge in [-0.3, -0.25) is 10.1 Å². The molecule has 0 saturated heterocycles. The molecule has 0 bridgehead atoms. The maximum atomic E-state index is 11.5. The Morgan fingerprint density at radius 1 is 1.26 bits per heavy atom. The summed E-state index contributed by atoms with van der Waals surface area (Å²) >= 11 is 0. The molecule has 23 heavy (non-hydrogen) atoms. The summed E-state index contributed by atoms with van der Waals surface area (Å²) in [5.41, 5.74) is 1.13. The maximum absolute atomic E-state index is 11.5.